The number of hydrogen-bond donors (Lipinski definition) is 1. The minimum Gasteiger partial charge on any atom is -0.351 e. The minimum atomic E-state index is -0.991. The standard InChI is InChI=1S/C31H32N2O3/c1-23-17-20-27(21-18-23)33(31(36)29(34)25-13-7-3-8-14-25)28(22-19-24-11-5-2-6-12-24)30(35)32-26-15-9-4-10-16-26/h2-3,5-8,11-14,17-22,26,28H,4,9-10,15-16H2,1H3,(H,32,35)/b22-19+. The Balaban J connectivity index is 1.74. The van der Waals surface area contributed by atoms with E-state index in [1.54, 1.807) is 48.5 Å². The van der Waals surface area contributed by atoms with E-state index in [-0.39, 0.29) is 17.5 Å². The fraction of sp³-hybridized carbons (Fsp3) is 0.258. The molecule has 1 unspecified atom stereocenters. The Kier molecular flexibility index (Phi) is 8.45. The maximum atomic E-state index is 13.7. The van der Waals surface area contributed by atoms with Crippen molar-refractivity contribution in [2.24, 2.45) is 0 Å². The van der Waals surface area contributed by atoms with E-state index in [1.165, 1.54) is 11.3 Å². The summed E-state index contributed by atoms with van der Waals surface area (Å²) in [6.45, 7) is 1.95. The van der Waals surface area contributed by atoms with Gasteiger partial charge in [-0.25, -0.2) is 0 Å². The van der Waals surface area contributed by atoms with Crippen molar-refractivity contribution >= 4 is 29.4 Å². The molecule has 1 saturated carbocycles. The van der Waals surface area contributed by atoms with Crippen molar-refractivity contribution in [3.63, 3.8) is 0 Å². The van der Waals surface area contributed by atoms with E-state index in [1.807, 2.05) is 55.5 Å². The number of nitrogens with one attached hydrogen (secondary N) is 1. The normalized spacial score (nSPS) is 14.8. The van der Waals surface area contributed by atoms with E-state index < -0.39 is 17.7 Å². The lowest BCUT2D eigenvalue weighted by atomic mass is 9.95. The molecule has 0 radical (unpaired) electrons. The number of nitrogens with zero attached hydrogens (tertiary/aromatic N) is 1. The molecule has 5 heteroatoms. The summed E-state index contributed by atoms with van der Waals surface area (Å²) in [6, 6.07) is 24.5. The molecule has 2 amide bonds. The third-order valence-corrected chi connectivity index (χ3v) is 6.53. The van der Waals surface area contributed by atoms with Gasteiger partial charge in [0.15, 0.2) is 0 Å². The van der Waals surface area contributed by atoms with E-state index in [4.69, 9.17) is 0 Å². The molecule has 0 heterocycles. The Morgan fingerprint density at radius 2 is 1.44 bits per heavy atom. The molecule has 0 spiro atoms. The van der Waals surface area contributed by atoms with Gasteiger partial charge in [-0.15, -0.1) is 0 Å². The van der Waals surface area contributed by atoms with Gasteiger partial charge >= 0.3 is 0 Å². The molecule has 0 saturated heterocycles. The van der Waals surface area contributed by atoms with Crippen molar-refractivity contribution in [3.8, 4) is 0 Å². The zero-order chi connectivity index (χ0) is 25.3. The zero-order valence-electron chi connectivity index (χ0n) is 20.6. The molecule has 1 N–H and O–H groups in total. The van der Waals surface area contributed by atoms with Crippen molar-refractivity contribution in [2.75, 3.05) is 4.90 Å². The molecular weight excluding hydrogens is 448 g/mol. The number of anilines is 1. The van der Waals surface area contributed by atoms with Crippen molar-refractivity contribution in [3.05, 3.63) is 108 Å². The maximum absolute atomic E-state index is 13.7. The SMILES string of the molecule is Cc1ccc(N(C(=O)C(=O)c2ccccc2)C(/C=C/c2ccccc2)C(=O)NC2CCCCC2)cc1. The number of benzene rings is 3. The lowest BCUT2D eigenvalue weighted by Gasteiger charge is -2.31. The summed E-state index contributed by atoms with van der Waals surface area (Å²) in [7, 11) is 0. The molecule has 1 fully saturated rings. The second kappa shape index (κ2) is 12.1. The van der Waals surface area contributed by atoms with Gasteiger partial charge in [-0.2, -0.15) is 0 Å². The van der Waals surface area contributed by atoms with Crippen LogP contribution in [0.15, 0.2) is 91.0 Å². The summed E-state index contributed by atoms with van der Waals surface area (Å²) in [5.41, 5.74) is 2.71. The molecule has 3 aromatic rings. The Hall–Kier alpha value is -3.99. The molecule has 5 nitrogen and oxygen atoms in total. The summed E-state index contributed by atoms with van der Waals surface area (Å²) in [6.07, 6.45) is 8.69. The van der Waals surface area contributed by atoms with Gasteiger partial charge in [0.05, 0.1) is 0 Å². The van der Waals surface area contributed by atoms with Gasteiger partial charge in [0.25, 0.3) is 11.7 Å². The van der Waals surface area contributed by atoms with E-state index in [0.29, 0.717) is 5.69 Å². The molecule has 1 aliphatic carbocycles. The molecule has 4 rings (SSSR count). The van der Waals surface area contributed by atoms with Crippen molar-refractivity contribution < 1.29 is 14.4 Å². The van der Waals surface area contributed by atoms with Crippen LogP contribution in [0.2, 0.25) is 0 Å². The van der Waals surface area contributed by atoms with Crippen LogP contribution in [-0.4, -0.2) is 29.7 Å². The quantitative estimate of drug-likeness (QED) is 0.330. The first-order chi connectivity index (χ1) is 17.5. The molecule has 3 aromatic carbocycles. The van der Waals surface area contributed by atoms with Crippen LogP contribution in [0, 0.1) is 6.92 Å². The topological polar surface area (TPSA) is 66.5 Å². The Morgan fingerprint density at radius 1 is 0.833 bits per heavy atom. The summed E-state index contributed by atoms with van der Waals surface area (Å²) in [4.78, 5) is 42.0. The third kappa shape index (κ3) is 6.36. The summed E-state index contributed by atoms with van der Waals surface area (Å²) >= 11 is 0. The number of rotatable bonds is 8. The molecule has 0 bridgehead atoms. The van der Waals surface area contributed by atoms with Gasteiger partial charge in [-0.3, -0.25) is 19.3 Å². The van der Waals surface area contributed by atoms with Crippen LogP contribution in [0.25, 0.3) is 6.08 Å². The molecule has 36 heavy (non-hydrogen) atoms. The highest BCUT2D eigenvalue weighted by atomic mass is 16.2. The highest BCUT2D eigenvalue weighted by Crippen LogP contribution is 2.23. The van der Waals surface area contributed by atoms with E-state index in [0.717, 1.165) is 36.8 Å². The Labute approximate surface area is 212 Å². The fourth-order valence-corrected chi connectivity index (χ4v) is 4.52. The predicted molar refractivity (Wildman–Crippen MR) is 144 cm³/mol. The summed E-state index contributed by atoms with van der Waals surface area (Å²) in [5, 5.41) is 3.16. The van der Waals surface area contributed by atoms with Crippen LogP contribution >= 0.6 is 0 Å². The van der Waals surface area contributed by atoms with Gasteiger partial charge in [0.2, 0.25) is 5.91 Å². The largest absolute Gasteiger partial charge is 0.351 e. The maximum Gasteiger partial charge on any atom is 0.300 e. The smallest absolute Gasteiger partial charge is 0.300 e. The summed E-state index contributed by atoms with van der Waals surface area (Å²) in [5.74, 6) is -1.69. The van der Waals surface area contributed by atoms with Crippen LogP contribution in [0.4, 0.5) is 5.69 Å². The highest BCUT2D eigenvalue weighted by Gasteiger charge is 2.34. The highest BCUT2D eigenvalue weighted by molar-refractivity contribution is 6.47. The Morgan fingerprint density at radius 3 is 2.08 bits per heavy atom. The zero-order valence-corrected chi connectivity index (χ0v) is 20.6. The predicted octanol–water partition coefficient (Wildman–Crippen LogP) is 5.74. The van der Waals surface area contributed by atoms with Crippen LogP contribution < -0.4 is 10.2 Å². The lowest BCUT2D eigenvalue weighted by Crippen LogP contribution is -2.53. The number of amides is 2. The van der Waals surface area contributed by atoms with Crippen LogP contribution in [-0.2, 0) is 9.59 Å². The third-order valence-electron chi connectivity index (χ3n) is 6.53. The first-order valence-electron chi connectivity index (χ1n) is 12.6. The van der Waals surface area contributed by atoms with Crippen molar-refractivity contribution in [2.45, 2.75) is 51.1 Å². The number of hydrogen-bond acceptors (Lipinski definition) is 3. The number of ketones is 1. The van der Waals surface area contributed by atoms with Gasteiger partial charge in [-0.1, -0.05) is 110 Å². The molecule has 1 atom stereocenters. The average Bonchev–Trinajstić information content (AvgIpc) is 2.92. The molecule has 0 aliphatic heterocycles. The van der Waals surface area contributed by atoms with E-state index in [9.17, 15) is 14.4 Å². The molecule has 1 aliphatic rings. The average molecular weight is 481 g/mol. The Bertz CT molecular complexity index is 1200. The molecular formula is C31H32N2O3. The van der Waals surface area contributed by atoms with E-state index in [2.05, 4.69) is 5.32 Å². The monoisotopic (exact) mass is 480 g/mol. The lowest BCUT2D eigenvalue weighted by molar-refractivity contribution is -0.124. The first-order valence-corrected chi connectivity index (χ1v) is 12.6. The van der Waals surface area contributed by atoms with Gasteiger partial charge in [-0.05, 0) is 37.5 Å². The minimum absolute atomic E-state index is 0.0682. The first kappa shape index (κ1) is 25.1. The second-order valence-corrected chi connectivity index (χ2v) is 9.26. The number of Topliss-reactive ketones (excluding diaryl/α,β-unsaturated/α-hetero) is 1. The van der Waals surface area contributed by atoms with Gasteiger partial charge in [0, 0.05) is 17.3 Å². The second-order valence-electron chi connectivity index (χ2n) is 9.26. The molecule has 0 aromatic heterocycles. The number of carbonyl (C=O) groups excluding carboxylic acids is 3. The van der Waals surface area contributed by atoms with Crippen LogP contribution in [0.1, 0.15) is 53.6 Å². The van der Waals surface area contributed by atoms with Gasteiger partial charge < -0.3 is 5.32 Å². The summed E-state index contributed by atoms with van der Waals surface area (Å²) < 4.78 is 0. The number of carbonyl (C=O) groups is 3. The van der Waals surface area contributed by atoms with Gasteiger partial charge in [0.1, 0.15) is 6.04 Å². The van der Waals surface area contributed by atoms with E-state index >= 15 is 0 Å². The van der Waals surface area contributed by atoms with Crippen LogP contribution in [0.5, 0.6) is 0 Å². The number of aryl methyl sites for hydroxylation is 1. The molecule has 184 valence electrons. The fourth-order valence-electron chi connectivity index (χ4n) is 4.52. The van der Waals surface area contributed by atoms with Crippen molar-refractivity contribution in [1.82, 2.24) is 5.32 Å². The van der Waals surface area contributed by atoms with Crippen molar-refractivity contribution in [1.29, 1.82) is 0 Å². The van der Waals surface area contributed by atoms with Crippen LogP contribution in [0.3, 0.4) is 0 Å².